The number of ether oxygens (including phenoxy) is 1. The molecule has 1 saturated carbocycles. The van der Waals surface area contributed by atoms with Crippen molar-refractivity contribution in [2.24, 2.45) is 11.3 Å². The van der Waals surface area contributed by atoms with Crippen LogP contribution in [0.4, 0.5) is 0 Å². The number of alkyl halides is 3. The summed E-state index contributed by atoms with van der Waals surface area (Å²) < 4.78 is 3.29. The van der Waals surface area contributed by atoms with E-state index in [0.29, 0.717) is 56.3 Å². The fraction of sp³-hybridized carbons (Fsp3) is 0.583. The van der Waals surface area contributed by atoms with Crippen molar-refractivity contribution in [3.63, 3.8) is 0 Å². The van der Waals surface area contributed by atoms with Crippen molar-refractivity contribution in [1.29, 1.82) is 0 Å². The lowest BCUT2D eigenvalue weighted by molar-refractivity contribution is -0.152. The summed E-state index contributed by atoms with van der Waals surface area (Å²) in [6, 6.07) is 6.61. The molecule has 5 N–H and O–H groups in total. The number of fused-ring (bicyclic) bond motifs is 1. The number of hydrazine groups is 1. The average molecular weight is 769 g/mol. The molecule has 0 spiro atoms. The van der Waals surface area contributed by atoms with E-state index in [4.69, 9.17) is 39.5 Å². The third kappa shape index (κ3) is 11.0. The number of benzene rings is 1. The van der Waals surface area contributed by atoms with Crippen LogP contribution in [0.3, 0.4) is 0 Å². The van der Waals surface area contributed by atoms with Crippen molar-refractivity contribution in [2.45, 2.75) is 107 Å². The number of halogens is 3. The monoisotopic (exact) mass is 767 g/mol. The minimum absolute atomic E-state index is 0.297. The number of hydrogen-bond donors (Lipinski definition) is 5. The van der Waals surface area contributed by atoms with Crippen LogP contribution in [-0.2, 0) is 23.9 Å². The van der Waals surface area contributed by atoms with E-state index in [1.54, 1.807) is 33.8 Å². The zero-order chi connectivity index (χ0) is 37.7. The van der Waals surface area contributed by atoms with Gasteiger partial charge in [-0.2, -0.15) is 0 Å². The van der Waals surface area contributed by atoms with Crippen molar-refractivity contribution in [2.75, 3.05) is 13.2 Å². The Bertz CT molecular complexity index is 1620. The molecular weight excluding hydrogens is 721 g/mol. The van der Waals surface area contributed by atoms with Gasteiger partial charge in [0, 0.05) is 11.9 Å². The van der Waals surface area contributed by atoms with Crippen molar-refractivity contribution >= 4 is 75.5 Å². The van der Waals surface area contributed by atoms with Gasteiger partial charge < -0.3 is 25.6 Å². The first-order chi connectivity index (χ1) is 23.8. The van der Waals surface area contributed by atoms with Crippen molar-refractivity contribution in [3.8, 4) is 0 Å². The smallest absolute Gasteiger partial charge is 0.325 e. The first-order valence-corrected chi connectivity index (χ1v) is 18.4. The van der Waals surface area contributed by atoms with Crippen LogP contribution >= 0.6 is 34.8 Å². The Morgan fingerprint density at radius 3 is 2.37 bits per heavy atom. The third-order valence-electron chi connectivity index (χ3n) is 9.51. The van der Waals surface area contributed by atoms with E-state index in [9.17, 15) is 29.4 Å². The van der Waals surface area contributed by atoms with Crippen LogP contribution in [0.25, 0.3) is 17.0 Å². The van der Waals surface area contributed by atoms with Gasteiger partial charge in [0.15, 0.2) is 0 Å². The minimum Gasteiger partial charge on any atom is -0.460 e. The predicted octanol–water partition coefficient (Wildman–Crippen LogP) is 4.67. The Hall–Kier alpha value is -3.00. The second-order valence-corrected chi connectivity index (χ2v) is 16.8. The van der Waals surface area contributed by atoms with Gasteiger partial charge in [0.1, 0.15) is 24.7 Å². The number of rotatable bonds is 11. The number of aliphatic hydroxyl groups is 2. The third-order valence-corrected chi connectivity index (χ3v) is 9.84. The van der Waals surface area contributed by atoms with Crippen molar-refractivity contribution < 1.29 is 34.1 Å². The van der Waals surface area contributed by atoms with E-state index >= 15 is 0 Å². The van der Waals surface area contributed by atoms with E-state index in [1.165, 1.54) is 11.9 Å². The first kappa shape index (κ1) is 40.8. The number of esters is 1. The number of carbonyl (C=O) groups is 4. The lowest BCUT2D eigenvalue weighted by Crippen LogP contribution is -2.61. The van der Waals surface area contributed by atoms with Crippen LogP contribution < -0.4 is 16.1 Å². The highest BCUT2D eigenvalue weighted by molar-refractivity contribution is 6.67. The van der Waals surface area contributed by atoms with Crippen LogP contribution in [0.2, 0.25) is 0 Å². The number of nitrogens with zero attached hydrogens (tertiary/aromatic N) is 2. The molecule has 3 amide bonds. The van der Waals surface area contributed by atoms with Gasteiger partial charge in [-0.05, 0) is 82.9 Å². The Labute approximate surface area is 313 Å². The highest BCUT2D eigenvalue weighted by Gasteiger charge is 2.44. The standard InChI is InChI=1S/C36H48Cl3N5O7/c1-21(2)29(30(46)40-22(3)31(47)44-18-6-7-27(43-44)32(48)51-20-36(37,38)39)42-33(49)35(16-14-34(5,50)15-17-35)13-12-24-8-9-25-10-11-26(23(4)45)41-28(25)19-24/h8-13,19,21-23,27,29,43,45,50H,6-7,14-18,20H2,1-5H3,(H,40,46)(H,42,49)/b13-12+/t22-,23+,27-,29-,34-,35-/m0/s1. The molecular formula is C36H48Cl3N5O7. The number of nitrogens with one attached hydrogen (secondary N) is 3. The average Bonchev–Trinajstić information content (AvgIpc) is 3.07. The molecule has 280 valence electrons. The Kier molecular flexibility index (Phi) is 13.4. The van der Waals surface area contributed by atoms with Gasteiger partial charge >= 0.3 is 5.97 Å². The Morgan fingerprint density at radius 1 is 1.08 bits per heavy atom. The molecule has 0 bridgehead atoms. The van der Waals surface area contributed by atoms with E-state index in [2.05, 4.69) is 21.0 Å². The first-order valence-electron chi connectivity index (χ1n) is 17.2. The molecule has 4 rings (SSSR count). The molecule has 2 aromatic rings. The normalized spacial score (nSPS) is 24.6. The van der Waals surface area contributed by atoms with Gasteiger partial charge in [0.05, 0.1) is 28.3 Å². The summed E-state index contributed by atoms with van der Waals surface area (Å²) in [5.74, 6) is -2.37. The van der Waals surface area contributed by atoms with Crippen LogP contribution in [-0.4, -0.2) is 84.6 Å². The number of amides is 3. The lowest BCUT2D eigenvalue weighted by atomic mass is 9.68. The SMILES string of the molecule is CC(C)[C@H](NC(=O)[C@]1(/C=C/c2ccc3ccc([C@@H](C)O)nc3c2)CC[C@@](C)(O)CC1)C(=O)N[C@@H](C)C(=O)N1CCC[C@@H](C(=O)OCC(Cl)(Cl)Cl)N1. The Balaban J connectivity index is 1.46. The van der Waals surface area contributed by atoms with Crippen LogP contribution in [0.1, 0.15) is 90.5 Å². The molecule has 2 aliphatic rings. The van der Waals surface area contributed by atoms with E-state index in [1.807, 2.05) is 36.4 Å². The van der Waals surface area contributed by atoms with E-state index in [0.717, 1.165) is 10.9 Å². The highest BCUT2D eigenvalue weighted by Crippen LogP contribution is 2.43. The lowest BCUT2D eigenvalue weighted by Gasteiger charge is -2.41. The molecule has 15 heteroatoms. The molecule has 1 saturated heterocycles. The van der Waals surface area contributed by atoms with Gasteiger partial charge in [-0.3, -0.25) is 29.2 Å². The van der Waals surface area contributed by atoms with Crippen molar-refractivity contribution in [1.82, 2.24) is 26.1 Å². The fourth-order valence-corrected chi connectivity index (χ4v) is 6.40. The molecule has 1 aromatic carbocycles. The number of aliphatic hydroxyl groups excluding tert-OH is 1. The maximum absolute atomic E-state index is 14.2. The summed E-state index contributed by atoms with van der Waals surface area (Å²) in [6.07, 6.45) is 5.36. The van der Waals surface area contributed by atoms with Gasteiger partial charge in [-0.15, -0.1) is 0 Å². The van der Waals surface area contributed by atoms with Gasteiger partial charge in [0.2, 0.25) is 15.6 Å². The number of carbonyl (C=O) groups excluding carboxylic acids is 4. The largest absolute Gasteiger partial charge is 0.460 e. The van der Waals surface area contributed by atoms with Crippen LogP contribution in [0.5, 0.6) is 0 Å². The molecule has 51 heavy (non-hydrogen) atoms. The molecule has 2 fully saturated rings. The molecule has 2 heterocycles. The molecule has 1 aromatic heterocycles. The summed E-state index contributed by atoms with van der Waals surface area (Å²) >= 11 is 17.0. The highest BCUT2D eigenvalue weighted by atomic mass is 35.6. The summed E-state index contributed by atoms with van der Waals surface area (Å²) in [6.45, 7) is 8.39. The zero-order valence-electron chi connectivity index (χ0n) is 29.5. The molecule has 1 aliphatic heterocycles. The quantitative estimate of drug-likeness (QED) is 0.161. The van der Waals surface area contributed by atoms with Crippen LogP contribution in [0, 0.1) is 11.3 Å². The number of pyridine rings is 1. The van der Waals surface area contributed by atoms with Crippen molar-refractivity contribution in [3.05, 3.63) is 47.7 Å². The van der Waals surface area contributed by atoms with Crippen LogP contribution in [0.15, 0.2) is 36.4 Å². The zero-order valence-corrected chi connectivity index (χ0v) is 31.8. The maximum Gasteiger partial charge on any atom is 0.325 e. The number of aromatic nitrogens is 1. The van der Waals surface area contributed by atoms with E-state index < -0.39 is 63.4 Å². The number of hydrogen-bond acceptors (Lipinski definition) is 9. The molecule has 12 nitrogen and oxygen atoms in total. The maximum atomic E-state index is 14.2. The fourth-order valence-electron chi connectivity index (χ4n) is 6.23. The summed E-state index contributed by atoms with van der Waals surface area (Å²) in [5, 5.41) is 28.6. The molecule has 4 atom stereocenters. The van der Waals surface area contributed by atoms with Gasteiger partial charge in [-0.1, -0.05) is 79.0 Å². The summed E-state index contributed by atoms with van der Waals surface area (Å²) in [4.78, 5) is 58.2. The second kappa shape index (κ2) is 16.8. The van der Waals surface area contributed by atoms with Gasteiger partial charge in [0.25, 0.3) is 5.91 Å². The minimum atomic E-state index is -1.77. The second-order valence-electron chi connectivity index (χ2n) is 14.3. The molecule has 1 aliphatic carbocycles. The molecule has 0 radical (unpaired) electrons. The summed E-state index contributed by atoms with van der Waals surface area (Å²) in [5.41, 5.74) is 2.97. The van der Waals surface area contributed by atoms with Gasteiger partial charge in [-0.25, -0.2) is 5.43 Å². The predicted molar refractivity (Wildman–Crippen MR) is 196 cm³/mol. The molecule has 0 unspecified atom stereocenters. The van der Waals surface area contributed by atoms with E-state index in [-0.39, 0.29) is 11.8 Å². The summed E-state index contributed by atoms with van der Waals surface area (Å²) in [7, 11) is 0. The Morgan fingerprint density at radius 2 is 1.75 bits per heavy atom. The topological polar surface area (TPSA) is 170 Å².